The molecule has 0 amide bonds. The summed E-state index contributed by atoms with van der Waals surface area (Å²) in [5.41, 5.74) is 2.55. The molecule has 0 fully saturated rings. The van der Waals surface area contributed by atoms with Crippen LogP contribution in [0.2, 0.25) is 0 Å². The Morgan fingerprint density at radius 1 is 1.14 bits per heavy atom. The zero-order valence-electron chi connectivity index (χ0n) is 11.6. The van der Waals surface area contributed by atoms with E-state index in [1.807, 2.05) is 48.5 Å². The Morgan fingerprint density at radius 3 is 2.67 bits per heavy atom. The molecule has 21 heavy (non-hydrogen) atoms. The van der Waals surface area contributed by atoms with Crippen LogP contribution in [0, 0.1) is 0 Å². The monoisotopic (exact) mass is 278 g/mol. The van der Waals surface area contributed by atoms with Gasteiger partial charge in [0, 0.05) is 6.08 Å². The summed E-state index contributed by atoms with van der Waals surface area (Å²) < 4.78 is 6.64. The van der Waals surface area contributed by atoms with Crippen molar-refractivity contribution in [3.05, 3.63) is 66.5 Å². The van der Waals surface area contributed by atoms with Crippen molar-refractivity contribution in [2.24, 2.45) is 0 Å². The molecule has 0 N–H and O–H groups in total. The number of aromatic nitrogens is 2. The number of hydrogen-bond acceptors (Lipinski definition) is 3. The standard InChI is InChI=1S/C17H14N2O2/c1-21-14-9-6-13(7-10-14)8-11-17(20)19-12-18-15-4-2-3-5-16(15)19/h2-12H,1H3/b11-8+. The molecule has 2 aromatic carbocycles. The molecule has 0 unspecified atom stereocenters. The van der Waals surface area contributed by atoms with Gasteiger partial charge in [-0.25, -0.2) is 4.98 Å². The highest BCUT2D eigenvalue weighted by Gasteiger charge is 2.06. The van der Waals surface area contributed by atoms with Gasteiger partial charge in [-0.05, 0) is 35.9 Å². The Balaban J connectivity index is 1.83. The van der Waals surface area contributed by atoms with Gasteiger partial charge in [-0.3, -0.25) is 9.36 Å². The van der Waals surface area contributed by atoms with Gasteiger partial charge >= 0.3 is 0 Å². The van der Waals surface area contributed by atoms with Crippen LogP contribution < -0.4 is 4.74 Å². The molecule has 0 atom stereocenters. The lowest BCUT2D eigenvalue weighted by Gasteiger charge is -2.00. The van der Waals surface area contributed by atoms with Crippen LogP contribution in [-0.2, 0) is 0 Å². The lowest BCUT2D eigenvalue weighted by atomic mass is 10.2. The molecule has 3 rings (SSSR count). The smallest absolute Gasteiger partial charge is 0.256 e. The van der Waals surface area contributed by atoms with Gasteiger partial charge in [-0.1, -0.05) is 24.3 Å². The molecular weight excluding hydrogens is 264 g/mol. The van der Waals surface area contributed by atoms with Crippen LogP contribution in [-0.4, -0.2) is 22.6 Å². The lowest BCUT2D eigenvalue weighted by Crippen LogP contribution is -2.05. The van der Waals surface area contributed by atoms with Gasteiger partial charge in [-0.15, -0.1) is 0 Å². The van der Waals surface area contributed by atoms with E-state index < -0.39 is 0 Å². The van der Waals surface area contributed by atoms with E-state index >= 15 is 0 Å². The molecule has 0 aliphatic rings. The molecule has 0 aliphatic heterocycles. The minimum absolute atomic E-state index is 0.125. The van der Waals surface area contributed by atoms with Gasteiger partial charge in [-0.2, -0.15) is 0 Å². The van der Waals surface area contributed by atoms with Crippen molar-refractivity contribution >= 4 is 23.0 Å². The number of benzene rings is 2. The molecule has 0 aliphatic carbocycles. The summed E-state index contributed by atoms with van der Waals surface area (Å²) in [5.74, 6) is 0.665. The van der Waals surface area contributed by atoms with Crippen molar-refractivity contribution in [1.82, 2.24) is 9.55 Å². The van der Waals surface area contributed by atoms with Crippen molar-refractivity contribution in [2.75, 3.05) is 7.11 Å². The Morgan fingerprint density at radius 2 is 1.90 bits per heavy atom. The summed E-state index contributed by atoms with van der Waals surface area (Å²) in [6, 6.07) is 15.1. The van der Waals surface area contributed by atoms with Crippen LogP contribution in [0.15, 0.2) is 60.9 Å². The number of methoxy groups -OCH3 is 1. The summed E-state index contributed by atoms with van der Waals surface area (Å²) in [7, 11) is 1.62. The van der Waals surface area contributed by atoms with E-state index in [1.54, 1.807) is 19.5 Å². The second-order valence-corrected chi connectivity index (χ2v) is 4.55. The highest BCUT2D eigenvalue weighted by Crippen LogP contribution is 2.14. The van der Waals surface area contributed by atoms with Crippen LogP contribution in [0.4, 0.5) is 0 Å². The average Bonchev–Trinajstić information content (AvgIpc) is 2.97. The topological polar surface area (TPSA) is 44.1 Å². The Hall–Kier alpha value is -2.88. The molecule has 0 saturated carbocycles. The summed E-state index contributed by atoms with van der Waals surface area (Å²) in [5, 5.41) is 0. The number of rotatable bonds is 3. The molecular formula is C17H14N2O2. The number of allylic oxidation sites excluding steroid dienone is 1. The number of nitrogens with zero attached hydrogens (tertiary/aromatic N) is 2. The Kier molecular flexibility index (Phi) is 3.51. The minimum Gasteiger partial charge on any atom is -0.497 e. The fourth-order valence-corrected chi connectivity index (χ4v) is 2.10. The van der Waals surface area contributed by atoms with E-state index in [1.165, 1.54) is 10.6 Å². The quantitative estimate of drug-likeness (QED) is 0.690. The van der Waals surface area contributed by atoms with Gasteiger partial charge in [0.05, 0.1) is 18.1 Å². The van der Waals surface area contributed by atoms with E-state index in [2.05, 4.69) is 4.98 Å². The molecule has 0 bridgehead atoms. The zero-order chi connectivity index (χ0) is 14.7. The highest BCUT2D eigenvalue weighted by atomic mass is 16.5. The van der Waals surface area contributed by atoms with Gasteiger partial charge in [0.15, 0.2) is 0 Å². The van der Waals surface area contributed by atoms with Gasteiger partial charge in [0.25, 0.3) is 5.91 Å². The van der Waals surface area contributed by atoms with Gasteiger partial charge in [0.2, 0.25) is 0 Å². The van der Waals surface area contributed by atoms with E-state index in [0.717, 1.165) is 22.3 Å². The highest BCUT2D eigenvalue weighted by molar-refractivity contribution is 5.99. The number of carbonyl (C=O) groups excluding carboxylic acids is 1. The molecule has 1 heterocycles. The molecule has 4 nitrogen and oxygen atoms in total. The fraction of sp³-hybridized carbons (Fsp3) is 0.0588. The molecule has 0 saturated heterocycles. The zero-order valence-corrected chi connectivity index (χ0v) is 11.6. The number of para-hydroxylation sites is 2. The maximum atomic E-state index is 12.2. The van der Waals surface area contributed by atoms with Crippen LogP contribution >= 0.6 is 0 Å². The number of ether oxygens (including phenoxy) is 1. The van der Waals surface area contributed by atoms with Crippen molar-refractivity contribution in [3.63, 3.8) is 0 Å². The fourth-order valence-electron chi connectivity index (χ4n) is 2.10. The average molecular weight is 278 g/mol. The third-order valence-electron chi connectivity index (χ3n) is 3.23. The maximum Gasteiger partial charge on any atom is 0.256 e. The summed E-state index contributed by atoms with van der Waals surface area (Å²) in [4.78, 5) is 16.4. The molecule has 104 valence electrons. The normalized spacial score (nSPS) is 11.1. The Labute approximate surface area is 122 Å². The predicted octanol–water partition coefficient (Wildman–Crippen LogP) is 3.40. The number of imidazole rings is 1. The van der Waals surface area contributed by atoms with Crippen LogP contribution in [0.1, 0.15) is 10.4 Å². The third-order valence-corrected chi connectivity index (χ3v) is 3.23. The van der Waals surface area contributed by atoms with Gasteiger partial charge < -0.3 is 4.74 Å². The van der Waals surface area contributed by atoms with Crippen LogP contribution in [0.5, 0.6) is 5.75 Å². The van der Waals surface area contributed by atoms with Crippen molar-refractivity contribution in [1.29, 1.82) is 0 Å². The second-order valence-electron chi connectivity index (χ2n) is 4.55. The SMILES string of the molecule is COc1ccc(/C=C/C(=O)n2cnc3ccccc32)cc1. The van der Waals surface area contributed by atoms with E-state index in [9.17, 15) is 4.79 Å². The summed E-state index contributed by atoms with van der Waals surface area (Å²) >= 11 is 0. The molecule has 3 aromatic rings. The van der Waals surface area contributed by atoms with Crippen molar-refractivity contribution < 1.29 is 9.53 Å². The predicted molar refractivity (Wildman–Crippen MR) is 82.4 cm³/mol. The summed E-state index contributed by atoms with van der Waals surface area (Å²) in [6.07, 6.45) is 4.86. The lowest BCUT2D eigenvalue weighted by molar-refractivity contribution is 0.0974. The first-order chi connectivity index (χ1) is 10.3. The van der Waals surface area contributed by atoms with Crippen molar-refractivity contribution in [2.45, 2.75) is 0 Å². The molecule has 0 spiro atoms. The maximum absolute atomic E-state index is 12.2. The molecule has 0 radical (unpaired) electrons. The minimum atomic E-state index is -0.125. The van der Waals surface area contributed by atoms with Gasteiger partial charge in [0.1, 0.15) is 12.1 Å². The van der Waals surface area contributed by atoms with E-state index in [-0.39, 0.29) is 5.91 Å². The first kappa shape index (κ1) is 13.1. The van der Waals surface area contributed by atoms with E-state index in [4.69, 9.17) is 4.74 Å². The second kappa shape index (κ2) is 5.63. The van der Waals surface area contributed by atoms with Crippen LogP contribution in [0.25, 0.3) is 17.1 Å². The third kappa shape index (κ3) is 2.69. The largest absolute Gasteiger partial charge is 0.497 e. The first-order valence-electron chi connectivity index (χ1n) is 6.56. The number of fused-ring (bicyclic) bond motifs is 1. The van der Waals surface area contributed by atoms with Crippen LogP contribution in [0.3, 0.4) is 0 Å². The van der Waals surface area contributed by atoms with Crippen molar-refractivity contribution in [3.8, 4) is 5.75 Å². The molecule has 4 heteroatoms. The number of hydrogen-bond donors (Lipinski definition) is 0. The first-order valence-corrected chi connectivity index (χ1v) is 6.56. The number of carbonyl (C=O) groups is 1. The van der Waals surface area contributed by atoms with E-state index in [0.29, 0.717) is 0 Å². The molecule has 1 aromatic heterocycles. The summed E-state index contributed by atoms with van der Waals surface area (Å²) in [6.45, 7) is 0. The Bertz CT molecular complexity index is 801.